The molecule has 1 rings (SSSR count). The van der Waals surface area contributed by atoms with Crippen molar-refractivity contribution >= 4 is 5.97 Å². The van der Waals surface area contributed by atoms with Gasteiger partial charge in [-0.05, 0) is 38.5 Å². The minimum atomic E-state index is -0.677. The Bertz CT molecular complexity index is 333. The predicted molar refractivity (Wildman–Crippen MR) is 86.4 cm³/mol. The largest absolute Gasteiger partial charge is 0.481 e. The Morgan fingerprint density at radius 1 is 0.952 bits per heavy atom. The molecular formula is C18H30O3. The van der Waals surface area contributed by atoms with Crippen molar-refractivity contribution in [1.82, 2.24) is 0 Å². The van der Waals surface area contributed by atoms with E-state index in [0.29, 0.717) is 18.6 Å². The Morgan fingerprint density at radius 3 is 2.24 bits per heavy atom. The van der Waals surface area contributed by atoms with E-state index in [1.807, 2.05) is 0 Å². The molecule has 0 aromatic heterocycles. The van der Waals surface area contributed by atoms with Crippen LogP contribution in [0.1, 0.15) is 71.1 Å². The van der Waals surface area contributed by atoms with Crippen LogP contribution >= 0.6 is 0 Å². The SMILES string of the molecule is CCC=CC[C@@H]1O[C@@H]1CC=CCCCCCCCC(=O)O. The van der Waals surface area contributed by atoms with Crippen LogP contribution in [0.15, 0.2) is 24.3 Å². The van der Waals surface area contributed by atoms with Crippen LogP contribution in [0, 0.1) is 0 Å². The highest BCUT2D eigenvalue weighted by atomic mass is 16.6. The van der Waals surface area contributed by atoms with E-state index in [-0.39, 0.29) is 0 Å². The summed E-state index contributed by atoms with van der Waals surface area (Å²) < 4.78 is 5.60. The Kier molecular flexibility index (Phi) is 9.88. The second kappa shape index (κ2) is 11.6. The molecule has 3 nitrogen and oxygen atoms in total. The molecule has 21 heavy (non-hydrogen) atoms. The number of ether oxygens (including phenoxy) is 1. The number of aliphatic carboxylic acids is 1. The van der Waals surface area contributed by atoms with Gasteiger partial charge in [-0.3, -0.25) is 4.79 Å². The van der Waals surface area contributed by atoms with Crippen molar-refractivity contribution in [3.63, 3.8) is 0 Å². The number of epoxide rings is 1. The molecule has 0 spiro atoms. The van der Waals surface area contributed by atoms with Gasteiger partial charge in [-0.1, -0.05) is 50.5 Å². The maximum absolute atomic E-state index is 10.3. The lowest BCUT2D eigenvalue weighted by molar-refractivity contribution is -0.137. The minimum absolute atomic E-state index is 0.315. The summed E-state index contributed by atoms with van der Waals surface area (Å²) in [6, 6.07) is 0. The second-order valence-electron chi connectivity index (χ2n) is 5.74. The van der Waals surface area contributed by atoms with E-state index in [0.717, 1.165) is 44.9 Å². The van der Waals surface area contributed by atoms with Crippen molar-refractivity contribution in [2.75, 3.05) is 0 Å². The van der Waals surface area contributed by atoms with Gasteiger partial charge in [0, 0.05) is 6.42 Å². The van der Waals surface area contributed by atoms with Crippen LogP contribution in [0.25, 0.3) is 0 Å². The molecule has 0 aromatic carbocycles. The number of hydrogen-bond acceptors (Lipinski definition) is 2. The van der Waals surface area contributed by atoms with Gasteiger partial charge in [0.1, 0.15) is 0 Å². The number of unbranched alkanes of at least 4 members (excludes halogenated alkanes) is 5. The molecule has 1 fully saturated rings. The summed E-state index contributed by atoms with van der Waals surface area (Å²) >= 11 is 0. The van der Waals surface area contributed by atoms with E-state index >= 15 is 0 Å². The molecule has 0 amide bonds. The summed E-state index contributed by atoms with van der Waals surface area (Å²) in [4.78, 5) is 10.3. The molecule has 1 aliphatic rings. The molecule has 0 saturated carbocycles. The molecule has 2 atom stereocenters. The van der Waals surface area contributed by atoms with E-state index in [2.05, 4.69) is 31.2 Å². The molecule has 1 heterocycles. The van der Waals surface area contributed by atoms with Crippen molar-refractivity contribution in [2.24, 2.45) is 0 Å². The third-order valence-electron chi connectivity index (χ3n) is 3.75. The predicted octanol–water partition coefficient (Wildman–Crippen LogP) is 4.87. The summed E-state index contributed by atoms with van der Waals surface area (Å²) in [5, 5.41) is 8.52. The number of carbonyl (C=O) groups is 1. The van der Waals surface area contributed by atoms with Gasteiger partial charge in [-0.25, -0.2) is 0 Å². The van der Waals surface area contributed by atoms with E-state index < -0.39 is 5.97 Å². The van der Waals surface area contributed by atoms with E-state index in [1.165, 1.54) is 12.8 Å². The molecule has 120 valence electrons. The van der Waals surface area contributed by atoms with Crippen LogP contribution in [0.3, 0.4) is 0 Å². The van der Waals surface area contributed by atoms with E-state index in [4.69, 9.17) is 9.84 Å². The van der Waals surface area contributed by atoms with Gasteiger partial charge in [0.15, 0.2) is 0 Å². The number of carboxylic acids is 1. The van der Waals surface area contributed by atoms with Gasteiger partial charge in [0.2, 0.25) is 0 Å². The zero-order chi connectivity index (χ0) is 15.3. The van der Waals surface area contributed by atoms with Crippen molar-refractivity contribution in [3.05, 3.63) is 24.3 Å². The van der Waals surface area contributed by atoms with Crippen LogP contribution in [0.5, 0.6) is 0 Å². The Hall–Kier alpha value is -1.09. The number of hydrogen-bond donors (Lipinski definition) is 1. The first-order chi connectivity index (χ1) is 10.2. The number of rotatable bonds is 13. The highest BCUT2D eigenvalue weighted by molar-refractivity contribution is 5.66. The average molecular weight is 294 g/mol. The van der Waals surface area contributed by atoms with Crippen LogP contribution in [0.4, 0.5) is 0 Å². The monoisotopic (exact) mass is 294 g/mol. The molecule has 1 aliphatic heterocycles. The van der Waals surface area contributed by atoms with Gasteiger partial charge in [-0.2, -0.15) is 0 Å². The summed E-state index contributed by atoms with van der Waals surface area (Å²) in [5.41, 5.74) is 0. The fourth-order valence-corrected chi connectivity index (χ4v) is 2.41. The van der Waals surface area contributed by atoms with Crippen LogP contribution in [-0.2, 0) is 9.53 Å². The van der Waals surface area contributed by atoms with Crippen LogP contribution < -0.4 is 0 Å². The maximum atomic E-state index is 10.3. The smallest absolute Gasteiger partial charge is 0.303 e. The molecule has 1 saturated heterocycles. The van der Waals surface area contributed by atoms with Gasteiger partial charge in [0.05, 0.1) is 12.2 Å². The first-order valence-corrected chi connectivity index (χ1v) is 8.41. The van der Waals surface area contributed by atoms with Gasteiger partial charge >= 0.3 is 5.97 Å². The molecule has 1 N–H and O–H groups in total. The topological polar surface area (TPSA) is 49.8 Å². The first-order valence-electron chi connectivity index (χ1n) is 8.41. The summed E-state index contributed by atoms with van der Waals surface area (Å²) in [6.07, 6.45) is 19.9. The summed E-state index contributed by atoms with van der Waals surface area (Å²) in [5.74, 6) is -0.677. The maximum Gasteiger partial charge on any atom is 0.303 e. The van der Waals surface area contributed by atoms with Gasteiger partial charge in [0.25, 0.3) is 0 Å². The lowest BCUT2D eigenvalue weighted by Crippen LogP contribution is -1.93. The molecule has 0 aliphatic carbocycles. The lowest BCUT2D eigenvalue weighted by Gasteiger charge is -1.98. The third kappa shape index (κ3) is 10.3. The van der Waals surface area contributed by atoms with Gasteiger partial charge < -0.3 is 9.84 Å². The number of allylic oxidation sites excluding steroid dienone is 2. The first kappa shape index (κ1) is 18.0. The highest BCUT2D eigenvalue weighted by Crippen LogP contribution is 2.29. The Labute approximate surface area is 129 Å². The minimum Gasteiger partial charge on any atom is -0.481 e. The molecule has 0 unspecified atom stereocenters. The third-order valence-corrected chi connectivity index (χ3v) is 3.75. The zero-order valence-electron chi connectivity index (χ0n) is 13.3. The number of carboxylic acid groups (broad SMARTS) is 1. The fourth-order valence-electron chi connectivity index (χ4n) is 2.41. The normalized spacial score (nSPS) is 21.4. The molecule has 3 heteroatoms. The quantitative estimate of drug-likeness (QED) is 0.299. The van der Waals surface area contributed by atoms with Crippen molar-refractivity contribution in [2.45, 2.75) is 83.3 Å². The molecule has 0 radical (unpaired) electrons. The zero-order valence-corrected chi connectivity index (χ0v) is 13.3. The van der Waals surface area contributed by atoms with Crippen molar-refractivity contribution < 1.29 is 14.6 Å². The van der Waals surface area contributed by atoms with E-state index in [1.54, 1.807) is 0 Å². The van der Waals surface area contributed by atoms with Crippen LogP contribution in [-0.4, -0.2) is 23.3 Å². The standard InChI is InChI=1S/C18H30O3/c1-2-3-10-13-16-17(21-16)14-11-8-6-4-5-7-9-12-15-18(19)20/h3,8,10-11,16-17H,2,4-7,9,12-15H2,1H3,(H,19,20)/t16-,17+/m0/s1. The Balaban J connectivity index is 1.84. The molecule has 0 bridgehead atoms. The van der Waals surface area contributed by atoms with Crippen molar-refractivity contribution in [1.29, 1.82) is 0 Å². The summed E-state index contributed by atoms with van der Waals surface area (Å²) in [6.45, 7) is 2.15. The highest BCUT2D eigenvalue weighted by Gasteiger charge is 2.35. The van der Waals surface area contributed by atoms with Gasteiger partial charge in [-0.15, -0.1) is 0 Å². The second-order valence-corrected chi connectivity index (χ2v) is 5.74. The Morgan fingerprint density at radius 2 is 1.57 bits per heavy atom. The molecule has 0 aromatic rings. The average Bonchev–Trinajstić information content (AvgIpc) is 3.19. The fraction of sp³-hybridized carbons (Fsp3) is 0.722. The lowest BCUT2D eigenvalue weighted by atomic mass is 10.1. The van der Waals surface area contributed by atoms with Crippen molar-refractivity contribution in [3.8, 4) is 0 Å². The summed E-state index contributed by atoms with van der Waals surface area (Å²) in [7, 11) is 0. The molecular weight excluding hydrogens is 264 g/mol. The van der Waals surface area contributed by atoms with E-state index in [9.17, 15) is 4.79 Å². The van der Waals surface area contributed by atoms with Crippen LogP contribution in [0.2, 0.25) is 0 Å².